The highest BCUT2D eigenvalue weighted by Gasteiger charge is 2.29. The molecule has 160 valence electrons. The van der Waals surface area contributed by atoms with Crippen LogP contribution < -0.4 is 29.7 Å². The summed E-state index contributed by atoms with van der Waals surface area (Å²) in [6.07, 6.45) is 0.564. The van der Waals surface area contributed by atoms with Gasteiger partial charge in [0.1, 0.15) is 0 Å². The van der Waals surface area contributed by atoms with Gasteiger partial charge >= 0.3 is 6.09 Å². The van der Waals surface area contributed by atoms with Gasteiger partial charge in [0.25, 0.3) is 0 Å². The lowest BCUT2D eigenvalue weighted by molar-refractivity contribution is 0.166. The van der Waals surface area contributed by atoms with E-state index in [0.717, 1.165) is 16.7 Å². The molecule has 1 aliphatic carbocycles. The van der Waals surface area contributed by atoms with Crippen molar-refractivity contribution >= 4 is 6.09 Å². The van der Waals surface area contributed by atoms with Gasteiger partial charge in [-0.15, -0.1) is 0 Å². The Balaban J connectivity index is 2.38. The number of fused-ring (bicyclic) bond motifs is 3. The monoisotopic (exact) mass is 415 g/mol. The van der Waals surface area contributed by atoms with Crippen LogP contribution in [-0.4, -0.2) is 41.6 Å². The Morgan fingerprint density at radius 2 is 1.63 bits per heavy atom. The highest BCUT2D eigenvalue weighted by molar-refractivity contribution is 5.83. The van der Waals surface area contributed by atoms with Crippen molar-refractivity contribution in [3.05, 3.63) is 45.6 Å². The molecule has 0 fully saturated rings. The average molecular weight is 415 g/mol. The van der Waals surface area contributed by atoms with Crippen molar-refractivity contribution in [3.63, 3.8) is 0 Å². The normalized spacial score (nSPS) is 14.5. The van der Waals surface area contributed by atoms with Crippen molar-refractivity contribution in [1.82, 2.24) is 5.32 Å². The van der Waals surface area contributed by atoms with Crippen molar-refractivity contribution in [1.29, 1.82) is 0 Å². The van der Waals surface area contributed by atoms with Crippen LogP contribution in [0.5, 0.6) is 23.0 Å². The zero-order valence-corrected chi connectivity index (χ0v) is 17.7. The van der Waals surface area contributed by atoms with Gasteiger partial charge < -0.3 is 29.0 Å². The lowest BCUT2D eigenvalue weighted by Gasteiger charge is -2.19. The maximum absolute atomic E-state index is 12.7. The maximum Gasteiger partial charge on any atom is 0.407 e. The quantitative estimate of drug-likeness (QED) is 0.802. The Morgan fingerprint density at radius 1 is 0.933 bits per heavy atom. The van der Waals surface area contributed by atoms with Gasteiger partial charge in [0.05, 0.1) is 41.6 Å². The third-order valence-corrected chi connectivity index (χ3v) is 5.20. The van der Waals surface area contributed by atoms with E-state index in [2.05, 4.69) is 5.32 Å². The minimum absolute atomic E-state index is 0.195. The molecule has 1 atom stereocenters. The van der Waals surface area contributed by atoms with Crippen molar-refractivity contribution in [3.8, 4) is 34.1 Å². The predicted octanol–water partition coefficient (Wildman–Crippen LogP) is 3.09. The number of methoxy groups -OCH3 is 5. The molecule has 0 heterocycles. The Hall–Kier alpha value is -3.42. The van der Waals surface area contributed by atoms with E-state index in [1.54, 1.807) is 26.4 Å². The summed E-state index contributed by atoms with van der Waals surface area (Å²) in [5.41, 5.74) is 2.79. The second-order valence-corrected chi connectivity index (χ2v) is 6.69. The minimum atomic E-state index is -0.579. The van der Waals surface area contributed by atoms with Crippen LogP contribution in [0.15, 0.2) is 29.1 Å². The SMILES string of the molecule is COC(=O)N[C@@H]1CCc2cc(OC)c(OC)c(OC)c2-c2ccc(OC)c(=O)cc21. The second-order valence-electron chi connectivity index (χ2n) is 6.69. The Kier molecular flexibility index (Phi) is 6.34. The zero-order valence-electron chi connectivity index (χ0n) is 17.7. The number of carbonyl (C=O) groups excluding carboxylic acids is 1. The van der Waals surface area contributed by atoms with E-state index in [1.807, 2.05) is 6.07 Å². The molecular formula is C22H25NO7. The van der Waals surface area contributed by atoms with E-state index in [1.165, 1.54) is 27.4 Å². The largest absolute Gasteiger partial charge is 0.493 e. The van der Waals surface area contributed by atoms with Crippen molar-refractivity contribution in [2.45, 2.75) is 18.9 Å². The number of alkyl carbamates (subject to hydrolysis) is 1. The first-order valence-corrected chi connectivity index (χ1v) is 9.37. The number of benzene rings is 1. The summed E-state index contributed by atoms with van der Waals surface area (Å²) >= 11 is 0. The van der Waals surface area contributed by atoms with Gasteiger partial charge in [-0.05, 0) is 47.7 Å². The Bertz CT molecular complexity index is 1020. The summed E-state index contributed by atoms with van der Waals surface area (Å²) in [6, 6.07) is 6.33. The van der Waals surface area contributed by atoms with Crippen molar-refractivity contribution < 1.29 is 28.5 Å². The first-order valence-electron chi connectivity index (χ1n) is 9.37. The van der Waals surface area contributed by atoms with Crippen LogP contribution in [-0.2, 0) is 11.2 Å². The van der Waals surface area contributed by atoms with E-state index >= 15 is 0 Å². The molecule has 0 aliphatic heterocycles. The topological polar surface area (TPSA) is 92.3 Å². The van der Waals surface area contributed by atoms with E-state index in [4.69, 9.17) is 23.7 Å². The molecule has 0 aromatic heterocycles. The summed E-state index contributed by atoms with van der Waals surface area (Å²) in [7, 11) is 7.39. The molecule has 8 heteroatoms. The van der Waals surface area contributed by atoms with Gasteiger partial charge in [-0.1, -0.05) is 6.07 Å². The zero-order chi connectivity index (χ0) is 21.8. The highest BCUT2D eigenvalue weighted by Crippen LogP contribution is 2.50. The molecule has 1 amide bonds. The number of hydrogen-bond donors (Lipinski definition) is 1. The van der Waals surface area contributed by atoms with Crippen LogP contribution in [0, 0.1) is 0 Å². The van der Waals surface area contributed by atoms with Crippen LogP contribution in [0.4, 0.5) is 4.79 Å². The molecule has 0 bridgehead atoms. The van der Waals surface area contributed by atoms with Gasteiger partial charge in [-0.25, -0.2) is 4.79 Å². The first kappa shape index (κ1) is 21.3. The summed E-state index contributed by atoms with van der Waals surface area (Å²) in [5.74, 6) is 1.67. The van der Waals surface area contributed by atoms with Crippen molar-refractivity contribution in [2.24, 2.45) is 0 Å². The van der Waals surface area contributed by atoms with Crippen LogP contribution in [0.25, 0.3) is 11.1 Å². The summed E-state index contributed by atoms with van der Waals surface area (Å²) in [6.45, 7) is 0. The standard InChI is InChI=1S/C22H25NO7/c1-26-17-9-7-13-14(11-16(17)24)15(23-22(25)30-5)8-6-12-10-18(27-2)20(28-3)21(29-4)19(12)13/h7,9-11,15H,6,8H2,1-5H3,(H,23,25)/t15-/m1/s1. The van der Waals surface area contributed by atoms with Gasteiger partial charge in [-0.3, -0.25) is 4.79 Å². The van der Waals surface area contributed by atoms with E-state index in [0.29, 0.717) is 35.7 Å². The molecule has 2 aromatic carbocycles. The summed E-state index contributed by atoms with van der Waals surface area (Å²) < 4.78 is 26.8. The van der Waals surface area contributed by atoms with Crippen molar-refractivity contribution in [2.75, 3.05) is 35.5 Å². The number of aryl methyl sites for hydroxylation is 1. The molecule has 0 radical (unpaired) electrons. The molecule has 0 saturated carbocycles. The number of ether oxygens (including phenoxy) is 5. The molecule has 0 unspecified atom stereocenters. The van der Waals surface area contributed by atoms with Crippen LogP contribution in [0.3, 0.4) is 0 Å². The summed E-state index contributed by atoms with van der Waals surface area (Å²) in [4.78, 5) is 24.7. The number of nitrogens with one attached hydrogen (secondary N) is 1. The lowest BCUT2D eigenvalue weighted by Crippen LogP contribution is -2.28. The molecule has 1 aliphatic rings. The lowest BCUT2D eigenvalue weighted by atomic mass is 9.95. The van der Waals surface area contributed by atoms with Crippen LogP contribution in [0.2, 0.25) is 0 Å². The molecule has 30 heavy (non-hydrogen) atoms. The molecule has 3 rings (SSSR count). The number of rotatable bonds is 5. The molecule has 8 nitrogen and oxygen atoms in total. The highest BCUT2D eigenvalue weighted by atomic mass is 16.5. The van der Waals surface area contributed by atoms with Gasteiger partial charge in [0.15, 0.2) is 17.2 Å². The van der Waals surface area contributed by atoms with E-state index < -0.39 is 12.1 Å². The maximum atomic E-state index is 12.7. The molecule has 0 saturated heterocycles. The number of hydrogen-bond acceptors (Lipinski definition) is 7. The Morgan fingerprint density at radius 3 is 2.23 bits per heavy atom. The molecule has 2 aromatic rings. The van der Waals surface area contributed by atoms with Gasteiger partial charge in [-0.2, -0.15) is 0 Å². The fourth-order valence-electron chi connectivity index (χ4n) is 3.82. The third kappa shape index (κ3) is 3.72. The average Bonchev–Trinajstić information content (AvgIpc) is 3.00. The fourth-order valence-corrected chi connectivity index (χ4v) is 3.82. The molecule has 0 spiro atoms. The van der Waals surface area contributed by atoms with Gasteiger partial charge in [0.2, 0.25) is 11.2 Å². The van der Waals surface area contributed by atoms with Gasteiger partial charge in [0, 0.05) is 5.56 Å². The minimum Gasteiger partial charge on any atom is -0.493 e. The second kappa shape index (κ2) is 8.94. The predicted molar refractivity (Wildman–Crippen MR) is 111 cm³/mol. The van der Waals surface area contributed by atoms with E-state index in [-0.39, 0.29) is 11.2 Å². The summed E-state index contributed by atoms with van der Waals surface area (Å²) in [5, 5.41) is 2.83. The number of amides is 1. The van der Waals surface area contributed by atoms with Crippen LogP contribution >= 0.6 is 0 Å². The third-order valence-electron chi connectivity index (χ3n) is 5.20. The Labute approximate surface area is 174 Å². The smallest absolute Gasteiger partial charge is 0.407 e. The molecular weight excluding hydrogens is 390 g/mol. The first-order chi connectivity index (χ1) is 14.5. The van der Waals surface area contributed by atoms with E-state index in [9.17, 15) is 9.59 Å². The fraction of sp³-hybridized carbons (Fsp3) is 0.364. The van der Waals surface area contributed by atoms with Crippen LogP contribution in [0.1, 0.15) is 23.6 Å². The molecule has 1 N–H and O–H groups in total. The number of carbonyl (C=O) groups is 1.